The molecular formula is C14H16Cl2N2S. The molecule has 0 bridgehead atoms. The molecule has 0 fully saturated rings. The van der Waals surface area contributed by atoms with Crippen LogP contribution >= 0.6 is 34.5 Å². The molecule has 0 aliphatic rings. The van der Waals surface area contributed by atoms with Gasteiger partial charge in [-0.3, -0.25) is 0 Å². The maximum atomic E-state index is 6.29. The van der Waals surface area contributed by atoms with Crippen molar-refractivity contribution in [1.82, 2.24) is 10.3 Å². The van der Waals surface area contributed by atoms with Crippen molar-refractivity contribution in [2.24, 2.45) is 0 Å². The molecule has 2 nitrogen and oxygen atoms in total. The van der Waals surface area contributed by atoms with Crippen molar-refractivity contribution in [2.45, 2.75) is 26.3 Å². The van der Waals surface area contributed by atoms with Gasteiger partial charge in [0.1, 0.15) is 0 Å². The van der Waals surface area contributed by atoms with Crippen LogP contribution in [0.3, 0.4) is 0 Å². The minimum absolute atomic E-state index is 0.0905. The fraction of sp³-hybridized carbons (Fsp3) is 0.357. The normalized spacial score (nSPS) is 12.6. The second-order valence-electron chi connectivity index (χ2n) is 4.31. The first kappa shape index (κ1) is 14.8. The van der Waals surface area contributed by atoms with Gasteiger partial charge in [0.15, 0.2) is 0 Å². The SMILES string of the molecule is CCNC(Cc1csc(C)n1)c1c(Cl)cccc1Cl. The van der Waals surface area contributed by atoms with E-state index >= 15 is 0 Å². The molecule has 0 amide bonds. The third-order valence-electron chi connectivity index (χ3n) is 2.88. The van der Waals surface area contributed by atoms with E-state index in [9.17, 15) is 0 Å². The second kappa shape index (κ2) is 6.71. The highest BCUT2D eigenvalue weighted by Gasteiger charge is 2.18. The van der Waals surface area contributed by atoms with Crippen LogP contribution in [0.2, 0.25) is 10.0 Å². The summed E-state index contributed by atoms with van der Waals surface area (Å²) >= 11 is 14.2. The number of aromatic nitrogens is 1. The summed E-state index contributed by atoms with van der Waals surface area (Å²) in [5, 5.41) is 8.00. The molecule has 19 heavy (non-hydrogen) atoms. The first-order chi connectivity index (χ1) is 9.11. The number of nitrogens with one attached hydrogen (secondary N) is 1. The zero-order chi connectivity index (χ0) is 13.8. The van der Waals surface area contributed by atoms with E-state index in [1.807, 2.05) is 25.1 Å². The van der Waals surface area contributed by atoms with Crippen LogP contribution in [0.15, 0.2) is 23.6 Å². The highest BCUT2D eigenvalue weighted by atomic mass is 35.5. The molecule has 0 radical (unpaired) electrons. The molecule has 1 aromatic heterocycles. The van der Waals surface area contributed by atoms with Gasteiger partial charge in [-0.1, -0.05) is 36.2 Å². The summed E-state index contributed by atoms with van der Waals surface area (Å²) in [7, 11) is 0. The molecule has 5 heteroatoms. The van der Waals surface area contributed by atoms with Crippen LogP contribution in [0.25, 0.3) is 0 Å². The number of benzene rings is 1. The Bertz CT molecular complexity index is 534. The van der Waals surface area contributed by atoms with Gasteiger partial charge >= 0.3 is 0 Å². The van der Waals surface area contributed by atoms with Gasteiger partial charge in [0, 0.05) is 33.5 Å². The van der Waals surface area contributed by atoms with Crippen molar-refractivity contribution in [2.75, 3.05) is 6.54 Å². The molecule has 1 aromatic carbocycles. The molecule has 1 unspecified atom stereocenters. The number of halogens is 2. The van der Waals surface area contributed by atoms with Crippen molar-refractivity contribution in [3.63, 3.8) is 0 Å². The van der Waals surface area contributed by atoms with Crippen LogP contribution in [0.4, 0.5) is 0 Å². The third kappa shape index (κ3) is 3.69. The Morgan fingerprint density at radius 3 is 2.53 bits per heavy atom. The molecule has 1 N–H and O–H groups in total. The standard InChI is InChI=1S/C14H16Cl2N2S/c1-3-17-13(7-10-8-19-9(2)18-10)14-11(15)5-4-6-12(14)16/h4-6,8,13,17H,3,7H2,1-2H3. The molecule has 102 valence electrons. The molecule has 2 aromatic rings. The Balaban J connectivity index is 2.29. The van der Waals surface area contributed by atoms with Gasteiger partial charge in [0.05, 0.1) is 10.7 Å². The second-order valence-corrected chi connectivity index (χ2v) is 6.18. The van der Waals surface area contributed by atoms with E-state index in [1.165, 1.54) is 0 Å². The Labute approximate surface area is 127 Å². The summed E-state index contributed by atoms with van der Waals surface area (Å²) in [6, 6.07) is 5.70. The largest absolute Gasteiger partial charge is 0.310 e. The predicted octanol–water partition coefficient (Wildman–Crippen LogP) is 4.65. The minimum Gasteiger partial charge on any atom is -0.310 e. The molecular weight excluding hydrogens is 299 g/mol. The number of aryl methyl sites for hydroxylation is 1. The maximum Gasteiger partial charge on any atom is 0.0897 e. The van der Waals surface area contributed by atoms with Gasteiger partial charge in [-0.2, -0.15) is 0 Å². The highest BCUT2D eigenvalue weighted by Crippen LogP contribution is 2.32. The van der Waals surface area contributed by atoms with Crippen LogP contribution in [-0.2, 0) is 6.42 Å². The van der Waals surface area contributed by atoms with Crippen molar-refractivity contribution >= 4 is 34.5 Å². The van der Waals surface area contributed by atoms with Gasteiger partial charge in [0.25, 0.3) is 0 Å². The number of hydrogen-bond acceptors (Lipinski definition) is 3. The summed E-state index contributed by atoms with van der Waals surface area (Å²) in [5.74, 6) is 0. The molecule has 1 atom stereocenters. The lowest BCUT2D eigenvalue weighted by molar-refractivity contribution is 0.545. The topological polar surface area (TPSA) is 24.9 Å². The highest BCUT2D eigenvalue weighted by molar-refractivity contribution is 7.09. The zero-order valence-corrected chi connectivity index (χ0v) is 13.2. The van der Waals surface area contributed by atoms with Crippen molar-refractivity contribution in [1.29, 1.82) is 0 Å². The number of thiazole rings is 1. The monoisotopic (exact) mass is 314 g/mol. The summed E-state index contributed by atoms with van der Waals surface area (Å²) in [5.41, 5.74) is 2.03. The van der Waals surface area contributed by atoms with E-state index in [0.29, 0.717) is 10.0 Å². The van der Waals surface area contributed by atoms with Crippen LogP contribution in [-0.4, -0.2) is 11.5 Å². The Morgan fingerprint density at radius 2 is 2.00 bits per heavy atom. The first-order valence-electron chi connectivity index (χ1n) is 6.20. The average molecular weight is 315 g/mol. The van der Waals surface area contributed by atoms with Gasteiger partial charge in [-0.15, -0.1) is 11.3 Å². The Morgan fingerprint density at radius 1 is 1.32 bits per heavy atom. The van der Waals surface area contributed by atoms with E-state index in [0.717, 1.165) is 29.2 Å². The molecule has 0 spiro atoms. The molecule has 1 heterocycles. The van der Waals surface area contributed by atoms with E-state index in [1.54, 1.807) is 11.3 Å². The Hall–Kier alpha value is -0.610. The fourth-order valence-corrected chi connectivity index (χ4v) is 3.36. The third-order valence-corrected chi connectivity index (χ3v) is 4.36. The smallest absolute Gasteiger partial charge is 0.0897 e. The van der Waals surface area contributed by atoms with Crippen LogP contribution in [0, 0.1) is 6.92 Å². The van der Waals surface area contributed by atoms with Gasteiger partial charge in [-0.25, -0.2) is 4.98 Å². The lowest BCUT2D eigenvalue weighted by Crippen LogP contribution is -2.23. The van der Waals surface area contributed by atoms with Crippen LogP contribution < -0.4 is 5.32 Å². The van der Waals surface area contributed by atoms with Gasteiger partial charge in [0.2, 0.25) is 0 Å². The van der Waals surface area contributed by atoms with E-state index in [2.05, 4.69) is 22.6 Å². The van der Waals surface area contributed by atoms with E-state index in [4.69, 9.17) is 23.2 Å². The number of nitrogens with zero attached hydrogens (tertiary/aromatic N) is 1. The molecule has 0 saturated heterocycles. The number of hydrogen-bond donors (Lipinski definition) is 1. The first-order valence-corrected chi connectivity index (χ1v) is 7.83. The summed E-state index contributed by atoms with van der Waals surface area (Å²) < 4.78 is 0. The summed E-state index contributed by atoms with van der Waals surface area (Å²) in [6.07, 6.45) is 0.793. The van der Waals surface area contributed by atoms with E-state index in [-0.39, 0.29) is 6.04 Å². The number of rotatable bonds is 5. The maximum absolute atomic E-state index is 6.29. The fourth-order valence-electron chi connectivity index (χ4n) is 2.08. The van der Waals surface area contributed by atoms with Gasteiger partial charge < -0.3 is 5.32 Å². The lowest BCUT2D eigenvalue weighted by atomic mass is 10.0. The molecule has 0 aliphatic carbocycles. The Kier molecular flexibility index (Phi) is 5.22. The van der Waals surface area contributed by atoms with Crippen LogP contribution in [0.1, 0.15) is 29.2 Å². The average Bonchev–Trinajstić information content (AvgIpc) is 2.75. The van der Waals surface area contributed by atoms with Crippen LogP contribution in [0.5, 0.6) is 0 Å². The van der Waals surface area contributed by atoms with E-state index < -0.39 is 0 Å². The predicted molar refractivity (Wildman–Crippen MR) is 83.4 cm³/mol. The van der Waals surface area contributed by atoms with Crippen molar-refractivity contribution < 1.29 is 0 Å². The molecule has 2 rings (SSSR count). The van der Waals surface area contributed by atoms with Crippen molar-refractivity contribution in [3.05, 3.63) is 49.9 Å². The van der Waals surface area contributed by atoms with Gasteiger partial charge in [-0.05, 0) is 25.6 Å². The lowest BCUT2D eigenvalue weighted by Gasteiger charge is -2.20. The summed E-state index contributed by atoms with van der Waals surface area (Å²) in [4.78, 5) is 4.51. The van der Waals surface area contributed by atoms with Crippen molar-refractivity contribution in [3.8, 4) is 0 Å². The number of likely N-dealkylation sites (N-methyl/N-ethyl adjacent to an activating group) is 1. The summed E-state index contributed by atoms with van der Waals surface area (Å²) in [6.45, 7) is 4.94. The quantitative estimate of drug-likeness (QED) is 0.868. The minimum atomic E-state index is 0.0905. The molecule has 0 saturated carbocycles. The zero-order valence-electron chi connectivity index (χ0n) is 10.9. The molecule has 0 aliphatic heterocycles.